The Labute approximate surface area is 67.9 Å². The maximum atomic E-state index is 10.4. The van der Waals surface area contributed by atoms with Crippen LogP contribution in [0.2, 0.25) is 0 Å². The summed E-state index contributed by atoms with van der Waals surface area (Å²) in [5.74, 6) is -2.17. The minimum atomic E-state index is -2.42. The molecule has 0 saturated carbocycles. The molecule has 2 atom stereocenters. The van der Waals surface area contributed by atoms with Gasteiger partial charge in [-0.1, -0.05) is 6.08 Å². The van der Waals surface area contributed by atoms with Crippen molar-refractivity contribution in [2.24, 2.45) is 0 Å². The van der Waals surface area contributed by atoms with Crippen LogP contribution >= 0.6 is 0 Å². The summed E-state index contributed by atoms with van der Waals surface area (Å²) in [5, 5.41) is 35.7. The highest BCUT2D eigenvalue weighted by Gasteiger charge is 2.44. The molecule has 12 heavy (non-hydrogen) atoms. The van der Waals surface area contributed by atoms with Crippen molar-refractivity contribution in [1.82, 2.24) is 0 Å². The first-order valence-electron chi connectivity index (χ1n) is 3.20. The van der Waals surface area contributed by atoms with Crippen LogP contribution in [-0.2, 0) is 4.79 Å². The standard InChI is InChI=1S/C7H8O5/c8-4-2-1-3-7(12,5(4)9)6(10)11/h1-3,5,8-9,12H,(H,10,11). The Morgan fingerprint density at radius 2 is 2.17 bits per heavy atom. The number of hydrogen-bond acceptors (Lipinski definition) is 4. The lowest BCUT2D eigenvalue weighted by atomic mass is 9.91. The average molecular weight is 172 g/mol. The second kappa shape index (κ2) is 2.62. The minimum Gasteiger partial charge on any atom is -0.509 e. The predicted octanol–water partition coefficient (Wildman–Crippen LogP) is -0.825. The van der Waals surface area contributed by atoms with E-state index in [4.69, 9.17) is 15.3 Å². The molecule has 1 aliphatic carbocycles. The Kier molecular flexibility index (Phi) is 1.91. The van der Waals surface area contributed by atoms with Crippen LogP contribution in [0, 0.1) is 0 Å². The van der Waals surface area contributed by atoms with E-state index in [2.05, 4.69) is 0 Å². The first kappa shape index (κ1) is 8.76. The number of carbonyl (C=O) groups is 1. The van der Waals surface area contributed by atoms with E-state index >= 15 is 0 Å². The molecule has 0 bridgehead atoms. The third-order valence-electron chi connectivity index (χ3n) is 1.66. The summed E-state index contributed by atoms with van der Waals surface area (Å²) in [6, 6.07) is 0. The van der Waals surface area contributed by atoms with Crippen LogP contribution in [0.1, 0.15) is 0 Å². The molecule has 0 aromatic carbocycles. The smallest absolute Gasteiger partial charge is 0.343 e. The van der Waals surface area contributed by atoms with Crippen LogP contribution in [-0.4, -0.2) is 38.1 Å². The third-order valence-corrected chi connectivity index (χ3v) is 1.66. The molecular formula is C7H8O5. The van der Waals surface area contributed by atoms with Crippen molar-refractivity contribution < 1.29 is 25.2 Å². The lowest BCUT2D eigenvalue weighted by Crippen LogP contribution is -2.49. The van der Waals surface area contributed by atoms with Crippen molar-refractivity contribution in [2.45, 2.75) is 11.7 Å². The van der Waals surface area contributed by atoms with E-state index < -0.39 is 23.4 Å². The topological polar surface area (TPSA) is 98.0 Å². The summed E-state index contributed by atoms with van der Waals surface area (Å²) in [5.41, 5.74) is -2.42. The number of carboxylic acids is 1. The van der Waals surface area contributed by atoms with Gasteiger partial charge >= 0.3 is 5.97 Å². The van der Waals surface area contributed by atoms with Gasteiger partial charge in [-0.05, 0) is 12.2 Å². The molecule has 5 heteroatoms. The zero-order valence-corrected chi connectivity index (χ0v) is 6.01. The molecule has 0 heterocycles. The van der Waals surface area contributed by atoms with Crippen LogP contribution in [0.25, 0.3) is 0 Å². The van der Waals surface area contributed by atoms with Crippen LogP contribution in [0.15, 0.2) is 24.0 Å². The Morgan fingerprint density at radius 1 is 1.58 bits per heavy atom. The van der Waals surface area contributed by atoms with E-state index in [9.17, 15) is 9.90 Å². The monoisotopic (exact) mass is 172 g/mol. The Balaban J connectivity index is 3.03. The molecule has 0 aromatic rings. The van der Waals surface area contributed by atoms with Gasteiger partial charge in [0.1, 0.15) is 5.76 Å². The number of rotatable bonds is 1. The fourth-order valence-corrected chi connectivity index (χ4v) is 0.889. The molecule has 1 aliphatic rings. The van der Waals surface area contributed by atoms with Gasteiger partial charge in [0.05, 0.1) is 0 Å². The molecule has 0 spiro atoms. The maximum absolute atomic E-state index is 10.4. The number of hydrogen-bond donors (Lipinski definition) is 4. The molecule has 66 valence electrons. The Bertz CT molecular complexity index is 267. The van der Waals surface area contributed by atoms with Crippen molar-refractivity contribution in [1.29, 1.82) is 0 Å². The van der Waals surface area contributed by atoms with Gasteiger partial charge in [0.25, 0.3) is 0 Å². The molecule has 0 aliphatic heterocycles. The molecule has 0 fully saturated rings. The maximum Gasteiger partial charge on any atom is 0.343 e. The second-order valence-electron chi connectivity index (χ2n) is 2.48. The lowest BCUT2D eigenvalue weighted by Gasteiger charge is -2.26. The molecule has 1 rings (SSSR count). The summed E-state index contributed by atoms with van der Waals surface area (Å²) in [7, 11) is 0. The third kappa shape index (κ3) is 1.09. The summed E-state index contributed by atoms with van der Waals surface area (Å²) < 4.78 is 0. The zero-order chi connectivity index (χ0) is 9.35. The zero-order valence-electron chi connectivity index (χ0n) is 6.01. The van der Waals surface area contributed by atoms with E-state index in [-0.39, 0.29) is 0 Å². The molecule has 0 saturated heterocycles. The SMILES string of the molecule is O=C(O)C1(O)C=CC=C(O)C1O. The minimum absolute atomic E-state index is 0.567. The number of aliphatic hydroxyl groups excluding tert-OH is 2. The Hall–Kier alpha value is -1.33. The highest BCUT2D eigenvalue weighted by molar-refractivity contribution is 5.81. The van der Waals surface area contributed by atoms with Crippen LogP contribution in [0.3, 0.4) is 0 Å². The van der Waals surface area contributed by atoms with Gasteiger partial charge in [-0.3, -0.25) is 0 Å². The molecule has 0 radical (unpaired) electrons. The number of aliphatic carboxylic acids is 1. The number of carboxylic acid groups (broad SMARTS) is 1. The van der Waals surface area contributed by atoms with Crippen molar-refractivity contribution in [3.63, 3.8) is 0 Å². The average Bonchev–Trinajstić information content (AvgIpc) is 2.00. The second-order valence-corrected chi connectivity index (χ2v) is 2.48. The van der Waals surface area contributed by atoms with Crippen molar-refractivity contribution >= 4 is 5.97 Å². The molecule has 2 unspecified atom stereocenters. The normalized spacial score (nSPS) is 34.5. The molecule has 0 amide bonds. The number of allylic oxidation sites excluding steroid dienone is 2. The molecule has 5 nitrogen and oxygen atoms in total. The molecule has 4 N–H and O–H groups in total. The van der Waals surface area contributed by atoms with Gasteiger partial charge in [-0.15, -0.1) is 0 Å². The van der Waals surface area contributed by atoms with Crippen molar-refractivity contribution in [3.05, 3.63) is 24.0 Å². The van der Waals surface area contributed by atoms with Crippen molar-refractivity contribution in [2.75, 3.05) is 0 Å². The largest absolute Gasteiger partial charge is 0.509 e. The quantitative estimate of drug-likeness (QED) is 0.414. The summed E-state index contributed by atoms with van der Waals surface area (Å²) in [6.45, 7) is 0. The molecule has 0 aromatic heterocycles. The van der Waals surface area contributed by atoms with Gasteiger partial charge in [-0.2, -0.15) is 0 Å². The van der Waals surface area contributed by atoms with E-state index in [1.54, 1.807) is 0 Å². The summed E-state index contributed by atoms with van der Waals surface area (Å²) in [6.07, 6.45) is 1.37. The summed E-state index contributed by atoms with van der Waals surface area (Å²) in [4.78, 5) is 10.4. The highest BCUT2D eigenvalue weighted by atomic mass is 16.4. The van der Waals surface area contributed by atoms with Gasteiger partial charge in [0.15, 0.2) is 6.10 Å². The van der Waals surface area contributed by atoms with Crippen LogP contribution in [0.4, 0.5) is 0 Å². The predicted molar refractivity (Wildman–Crippen MR) is 38.4 cm³/mol. The number of aliphatic hydroxyl groups is 3. The van der Waals surface area contributed by atoms with E-state index in [0.717, 1.165) is 18.2 Å². The van der Waals surface area contributed by atoms with Gasteiger partial charge in [0, 0.05) is 0 Å². The van der Waals surface area contributed by atoms with Gasteiger partial charge in [-0.25, -0.2) is 4.79 Å². The fourth-order valence-electron chi connectivity index (χ4n) is 0.889. The highest BCUT2D eigenvalue weighted by Crippen LogP contribution is 2.22. The lowest BCUT2D eigenvalue weighted by molar-refractivity contribution is -0.163. The van der Waals surface area contributed by atoms with Crippen LogP contribution < -0.4 is 0 Å². The first-order valence-corrected chi connectivity index (χ1v) is 3.20. The van der Waals surface area contributed by atoms with E-state index in [1.165, 1.54) is 0 Å². The van der Waals surface area contributed by atoms with Crippen molar-refractivity contribution in [3.8, 4) is 0 Å². The van der Waals surface area contributed by atoms with Crippen LogP contribution in [0.5, 0.6) is 0 Å². The van der Waals surface area contributed by atoms with Gasteiger partial charge < -0.3 is 20.4 Å². The van der Waals surface area contributed by atoms with E-state index in [0.29, 0.717) is 0 Å². The molecular weight excluding hydrogens is 164 g/mol. The van der Waals surface area contributed by atoms with E-state index in [1.807, 2.05) is 0 Å². The van der Waals surface area contributed by atoms with Gasteiger partial charge in [0.2, 0.25) is 5.60 Å². The first-order chi connectivity index (χ1) is 5.48. The Morgan fingerprint density at radius 3 is 2.58 bits per heavy atom. The summed E-state index contributed by atoms with van der Waals surface area (Å²) >= 11 is 0. The fraction of sp³-hybridized carbons (Fsp3) is 0.286.